The molecule has 63 heavy (non-hydrogen) atoms. The van der Waals surface area contributed by atoms with Gasteiger partial charge in [0.25, 0.3) is 0 Å². The van der Waals surface area contributed by atoms with Crippen molar-refractivity contribution in [2.24, 2.45) is 0 Å². The molecule has 1 fully saturated rings. The Morgan fingerprint density at radius 3 is 1.46 bits per heavy atom. The number of aliphatic hydroxyl groups is 3. The lowest BCUT2D eigenvalue weighted by molar-refractivity contribution is -0.213. The zero-order chi connectivity index (χ0) is 46.4. The van der Waals surface area contributed by atoms with E-state index in [1.807, 2.05) is 5.92 Å². The molecule has 1 saturated carbocycles. The molecule has 0 heterocycles. The van der Waals surface area contributed by atoms with E-state index in [9.17, 15) is 63.1 Å². The normalized spacial score (nSPS) is 20.3. The molecule has 1 aliphatic carbocycles. The maximum absolute atomic E-state index is 13.0. The molecule has 0 aromatic carbocycles. The number of terminal acetylenes is 1. The van der Waals surface area contributed by atoms with E-state index in [2.05, 4.69) is 87.0 Å². The van der Waals surface area contributed by atoms with Crippen molar-refractivity contribution in [2.45, 2.75) is 140 Å². The van der Waals surface area contributed by atoms with Crippen LogP contribution in [-0.4, -0.2) is 108 Å². The number of phosphoric acid groups is 3. The van der Waals surface area contributed by atoms with Crippen LogP contribution < -0.4 is 6.15 Å². The molecule has 0 radical (unpaired) electrons. The zero-order valence-corrected chi connectivity index (χ0v) is 37.2. The van der Waals surface area contributed by atoms with Crippen molar-refractivity contribution in [3.63, 3.8) is 0 Å². The van der Waals surface area contributed by atoms with E-state index in [1.165, 1.54) is 44.9 Å². The quantitative estimate of drug-likeness (QED) is 0.0170. The molecule has 23 heteroatoms. The highest BCUT2D eigenvalue weighted by Crippen LogP contribution is 2.51. The van der Waals surface area contributed by atoms with Crippen LogP contribution in [0.5, 0.6) is 0 Å². The third-order valence-corrected chi connectivity index (χ3v) is 10.3. The highest BCUT2D eigenvalue weighted by Gasteiger charge is 2.56. The summed E-state index contributed by atoms with van der Waals surface area (Å²) in [4.78, 5) is 72.4. The lowest BCUT2D eigenvalue weighted by atomic mass is 9.85. The van der Waals surface area contributed by atoms with Gasteiger partial charge in [0.1, 0.15) is 43.2 Å². The number of aliphatic hydroxyl groups excluding tert-OH is 3. The van der Waals surface area contributed by atoms with E-state index < -0.39 is 91.3 Å². The average molecular weight is 972 g/mol. The Hall–Kier alpha value is -3.97. The molecule has 0 aromatic heterocycles. The summed E-state index contributed by atoms with van der Waals surface area (Å²) in [5.41, 5.74) is 0. The standard InChI is InChI=1S/C40H51O19P3.H3N.13H2/c1-3-5-7-9-11-13-15-17-19-21-23-25-27-29-34(42)56-32(30-54-33(41)28-26-24-22-20-18-16-14-12-10-8-6-4-2)31-55-62(52,53)59-38-35(43)36(44)39(57-60(46,47)48)40(37(38)45)58-61(49,50)51;;;;;;;;;;;;;;/h2,32,35-40,43-45H,3,5,7,9,11,13,15,17,19,21,23,25,27,29-31H2,1H3,(H,52,53)(H2,46,47,48)(H2,49,50,51);1H3;13*1H/t32-,35?,36-,37+,38?,39?,40+;;;;;;;;;;;;;;/m1............../s1. The Bertz CT molecular complexity index is 2080. The van der Waals surface area contributed by atoms with Crippen LogP contribution in [0, 0.1) is 83.4 Å². The topological polar surface area (TPSA) is 338 Å². The number of hydrogen-bond donors (Lipinski definition) is 9. The molecule has 0 bridgehead atoms. The average Bonchev–Trinajstić information content (AvgIpc) is 3.19. The number of unbranched alkanes of at least 4 members (excludes halogenated alkanes) is 12. The van der Waals surface area contributed by atoms with Crippen molar-refractivity contribution in [1.29, 1.82) is 0 Å². The SMILES string of the molecule is C#CC#CC#CC#CC#CC#CC#CC(=O)OC[C@H](COP(=O)(O)OC1C(O)[C@@H](O)C(OP(=O)(O)O)[C@@H](OP(=O)(O)O)[C@H]1O)OC(=O)CCCCCCCCCCCCCCC.N.[HH].[HH].[HH].[HH].[HH].[HH].[HH].[HH].[HH].[HH].[HH].[HH].[HH]. The van der Waals surface area contributed by atoms with E-state index in [0.717, 1.165) is 25.7 Å². The third-order valence-electron chi connectivity index (χ3n) is 8.26. The van der Waals surface area contributed by atoms with Crippen molar-refractivity contribution in [2.75, 3.05) is 13.2 Å². The Morgan fingerprint density at radius 1 is 0.587 bits per heavy atom. The van der Waals surface area contributed by atoms with Gasteiger partial charge in [0.2, 0.25) is 0 Å². The maximum atomic E-state index is 13.0. The van der Waals surface area contributed by atoms with Crippen LogP contribution >= 0.6 is 23.5 Å². The summed E-state index contributed by atoms with van der Waals surface area (Å²) in [5.74, 6) is 27.6. The first-order valence-electron chi connectivity index (χ1n) is 19.3. The lowest BCUT2D eigenvalue weighted by Gasteiger charge is -2.44. The van der Waals surface area contributed by atoms with Gasteiger partial charge in [-0.3, -0.25) is 22.9 Å². The first kappa shape index (κ1) is 59.0. The van der Waals surface area contributed by atoms with E-state index in [1.54, 1.807) is 0 Å². The van der Waals surface area contributed by atoms with Crippen LogP contribution in [-0.2, 0) is 50.9 Å². The van der Waals surface area contributed by atoms with Gasteiger partial charge in [0.05, 0.1) is 6.61 Å². The van der Waals surface area contributed by atoms with Crippen LogP contribution in [0.2, 0.25) is 0 Å². The second-order valence-corrected chi connectivity index (χ2v) is 17.1. The summed E-state index contributed by atoms with van der Waals surface area (Å²) in [5, 5.41) is 31.7. The summed E-state index contributed by atoms with van der Waals surface area (Å²) in [6.07, 6.45) is 1.86. The number of carbonyl (C=O) groups is 2. The van der Waals surface area contributed by atoms with Gasteiger partial charge in [0, 0.05) is 30.9 Å². The fourth-order valence-corrected chi connectivity index (χ4v) is 7.56. The summed E-state index contributed by atoms with van der Waals surface area (Å²) in [7, 11) is -16.7. The number of carbonyl (C=O) groups excluding carboxylic acids is 2. The molecule has 0 aliphatic heterocycles. The van der Waals surface area contributed by atoms with Crippen LogP contribution in [0.3, 0.4) is 0 Å². The Morgan fingerprint density at radius 2 is 1.00 bits per heavy atom. The van der Waals surface area contributed by atoms with Crippen LogP contribution in [0.1, 0.15) is 115 Å². The van der Waals surface area contributed by atoms with Crippen LogP contribution in [0.25, 0.3) is 0 Å². The molecule has 374 valence electrons. The van der Waals surface area contributed by atoms with Gasteiger partial charge in [-0.2, -0.15) is 0 Å². The molecule has 1 aliphatic rings. The van der Waals surface area contributed by atoms with E-state index >= 15 is 0 Å². The second kappa shape index (κ2) is 32.7. The lowest BCUT2D eigenvalue weighted by Crippen LogP contribution is -2.65. The predicted molar refractivity (Wildman–Crippen MR) is 252 cm³/mol. The summed E-state index contributed by atoms with van der Waals surface area (Å²) >= 11 is 0. The van der Waals surface area contributed by atoms with Gasteiger partial charge in [-0.05, 0) is 77.5 Å². The Balaban J connectivity index is -0.000000229. The third kappa shape index (κ3) is 29.2. The minimum absolute atomic E-state index is 0. The second-order valence-electron chi connectivity index (χ2n) is 13.3. The van der Waals surface area contributed by atoms with Crippen molar-refractivity contribution in [3.05, 3.63) is 0 Å². The molecular weight excluding hydrogens is 891 g/mol. The van der Waals surface area contributed by atoms with Gasteiger partial charge in [-0.25, -0.2) is 18.5 Å². The molecule has 20 nitrogen and oxygen atoms in total. The molecule has 4 unspecified atom stereocenters. The summed E-state index contributed by atoms with van der Waals surface area (Å²) in [6.45, 7) is 0.353. The van der Waals surface area contributed by atoms with E-state index in [0.29, 0.717) is 12.8 Å². The fraction of sp³-hybridized carbons (Fsp3) is 0.600. The molecule has 0 spiro atoms. The summed E-state index contributed by atoms with van der Waals surface area (Å²) < 4.78 is 64.5. The predicted octanol–water partition coefficient (Wildman–Crippen LogP) is 5.49. The smallest absolute Gasteiger partial charge is 0.456 e. The highest BCUT2D eigenvalue weighted by molar-refractivity contribution is 7.47. The maximum Gasteiger partial charge on any atom is 0.472 e. The van der Waals surface area contributed by atoms with Gasteiger partial charge in [-0.15, -0.1) is 6.42 Å². The number of phosphoric ester groups is 3. The molecule has 0 aromatic rings. The van der Waals surface area contributed by atoms with Gasteiger partial charge >= 0.3 is 35.4 Å². The van der Waals surface area contributed by atoms with Crippen LogP contribution in [0.4, 0.5) is 0 Å². The zero-order valence-electron chi connectivity index (χ0n) is 34.5. The first-order chi connectivity index (χ1) is 29.3. The number of ether oxygens (including phenoxy) is 2. The van der Waals surface area contributed by atoms with Crippen molar-refractivity contribution in [3.8, 4) is 83.4 Å². The highest BCUT2D eigenvalue weighted by atomic mass is 31.2. The Kier molecular flexibility index (Phi) is 30.6. The minimum Gasteiger partial charge on any atom is -0.456 e. The Labute approximate surface area is 386 Å². The molecule has 0 amide bonds. The monoisotopic (exact) mass is 971 g/mol. The van der Waals surface area contributed by atoms with Crippen molar-refractivity contribution >= 4 is 35.4 Å². The number of esters is 2. The van der Waals surface area contributed by atoms with Crippen molar-refractivity contribution < 1.29 is 109 Å². The van der Waals surface area contributed by atoms with E-state index in [4.69, 9.17) is 24.9 Å². The van der Waals surface area contributed by atoms with E-state index in [-0.39, 0.29) is 31.1 Å². The molecule has 11 N–H and O–H groups in total. The molecule has 0 saturated heterocycles. The first-order valence-corrected chi connectivity index (χ1v) is 23.9. The molecular formula is C40H80NO19P3. The largest absolute Gasteiger partial charge is 0.472 e. The summed E-state index contributed by atoms with van der Waals surface area (Å²) in [6, 6.07) is 0. The van der Waals surface area contributed by atoms with Crippen LogP contribution in [0.15, 0.2) is 0 Å². The van der Waals surface area contributed by atoms with Gasteiger partial charge in [0.15, 0.2) is 6.10 Å². The fourth-order valence-electron chi connectivity index (χ4n) is 5.47. The number of hydrogen-bond acceptors (Lipinski definition) is 15. The van der Waals surface area contributed by atoms with Gasteiger partial charge < -0.3 is 55.4 Å². The van der Waals surface area contributed by atoms with Crippen molar-refractivity contribution in [1.82, 2.24) is 6.15 Å². The minimum atomic E-state index is -5.63. The molecule has 8 atom stereocenters. The molecule has 1 rings (SSSR count). The van der Waals surface area contributed by atoms with Gasteiger partial charge in [-0.1, -0.05) is 84.0 Å². The number of rotatable bonds is 26.